The number of anilines is 1. The van der Waals surface area contributed by atoms with Gasteiger partial charge in [-0.05, 0) is 30.3 Å². The molecule has 0 bridgehead atoms. The number of aromatic nitrogens is 1. The molecule has 0 saturated heterocycles. The zero-order valence-corrected chi connectivity index (χ0v) is 9.98. The maximum Gasteiger partial charge on any atom is 0.256 e. The average Bonchev–Trinajstić information content (AvgIpc) is 2.39. The Kier molecular flexibility index (Phi) is 3.56. The van der Waals surface area contributed by atoms with Crippen molar-refractivity contribution in [2.45, 2.75) is 0 Å². The number of hydrogen-bond donors (Lipinski definition) is 1. The molecule has 0 aliphatic carbocycles. The van der Waals surface area contributed by atoms with Gasteiger partial charge in [0.05, 0.1) is 11.6 Å². The number of nitriles is 1. The van der Waals surface area contributed by atoms with Gasteiger partial charge in [-0.1, -0.05) is 17.7 Å². The van der Waals surface area contributed by atoms with E-state index in [4.69, 9.17) is 16.9 Å². The van der Waals surface area contributed by atoms with Crippen molar-refractivity contribution in [3.05, 3.63) is 58.7 Å². The molecule has 0 aliphatic rings. The Bertz CT molecular complexity index is 634. The molecule has 1 aromatic carbocycles. The molecule has 4 nitrogen and oxygen atoms in total. The van der Waals surface area contributed by atoms with Crippen LogP contribution in [-0.2, 0) is 0 Å². The Labute approximate surface area is 109 Å². The predicted octanol–water partition coefficient (Wildman–Crippen LogP) is 2.86. The van der Waals surface area contributed by atoms with Crippen LogP contribution in [-0.4, -0.2) is 10.9 Å². The van der Waals surface area contributed by atoms with E-state index in [1.165, 1.54) is 12.3 Å². The Morgan fingerprint density at radius 3 is 2.89 bits per heavy atom. The van der Waals surface area contributed by atoms with Gasteiger partial charge in [0, 0.05) is 16.8 Å². The molecule has 1 N–H and O–H groups in total. The molecule has 1 aromatic heterocycles. The van der Waals surface area contributed by atoms with Gasteiger partial charge in [0.2, 0.25) is 0 Å². The minimum absolute atomic E-state index is 0.332. The zero-order chi connectivity index (χ0) is 13.0. The Morgan fingerprint density at radius 2 is 2.17 bits per heavy atom. The van der Waals surface area contributed by atoms with Gasteiger partial charge in [-0.2, -0.15) is 5.26 Å². The van der Waals surface area contributed by atoms with Crippen molar-refractivity contribution in [3.8, 4) is 6.07 Å². The highest BCUT2D eigenvalue weighted by Crippen LogP contribution is 2.13. The molecule has 0 saturated carbocycles. The number of nitrogens with zero attached hydrogens (tertiary/aromatic N) is 2. The van der Waals surface area contributed by atoms with E-state index < -0.39 is 0 Å². The third-order valence-corrected chi connectivity index (χ3v) is 2.45. The minimum Gasteiger partial charge on any atom is -0.307 e. The highest BCUT2D eigenvalue weighted by atomic mass is 35.5. The maximum absolute atomic E-state index is 11.9. The fraction of sp³-hybridized carbons (Fsp3) is 0. The number of carbonyl (C=O) groups is 1. The van der Waals surface area contributed by atoms with Gasteiger partial charge in [-0.15, -0.1) is 0 Å². The second-order valence-electron chi connectivity index (χ2n) is 3.51. The van der Waals surface area contributed by atoms with E-state index in [0.717, 1.165) is 0 Å². The van der Waals surface area contributed by atoms with E-state index in [0.29, 0.717) is 22.0 Å². The second kappa shape index (κ2) is 5.30. The van der Waals surface area contributed by atoms with Crippen LogP contribution >= 0.6 is 11.6 Å². The molecule has 88 valence electrons. The lowest BCUT2D eigenvalue weighted by atomic mass is 10.1. The Hall–Kier alpha value is -2.38. The van der Waals surface area contributed by atoms with Crippen molar-refractivity contribution in [3.63, 3.8) is 0 Å². The average molecular weight is 258 g/mol. The summed E-state index contributed by atoms with van der Waals surface area (Å²) in [6.45, 7) is 0. The number of nitrogens with one attached hydrogen (secondary N) is 1. The Morgan fingerprint density at radius 1 is 1.33 bits per heavy atom. The van der Waals surface area contributed by atoms with Crippen LogP contribution in [0.4, 0.5) is 5.82 Å². The first-order chi connectivity index (χ1) is 8.69. The van der Waals surface area contributed by atoms with E-state index in [-0.39, 0.29) is 5.91 Å². The largest absolute Gasteiger partial charge is 0.307 e. The van der Waals surface area contributed by atoms with Gasteiger partial charge in [0.25, 0.3) is 5.91 Å². The number of hydrogen-bond acceptors (Lipinski definition) is 3. The lowest BCUT2D eigenvalue weighted by molar-refractivity contribution is 0.102. The van der Waals surface area contributed by atoms with Crippen molar-refractivity contribution in [2.24, 2.45) is 0 Å². The van der Waals surface area contributed by atoms with Gasteiger partial charge >= 0.3 is 0 Å². The van der Waals surface area contributed by atoms with E-state index in [2.05, 4.69) is 10.3 Å². The van der Waals surface area contributed by atoms with Crippen LogP contribution in [0, 0.1) is 11.3 Å². The normalized spacial score (nSPS) is 9.56. The summed E-state index contributed by atoms with van der Waals surface area (Å²) in [6.07, 6.45) is 1.50. The Balaban J connectivity index is 2.20. The molecule has 18 heavy (non-hydrogen) atoms. The highest BCUT2D eigenvalue weighted by molar-refractivity contribution is 6.30. The number of pyridine rings is 1. The number of carbonyl (C=O) groups excluding carboxylic acids is 1. The van der Waals surface area contributed by atoms with Crippen LogP contribution in [0.25, 0.3) is 0 Å². The highest BCUT2D eigenvalue weighted by Gasteiger charge is 2.07. The van der Waals surface area contributed by atoms with Crippen LogP contribution in [0.15, 0.2) is 42.6 Å². The molecule has 0 aliphatic heterocycles. The molecule has 5 heteroatoms. The number of rotatable bonds is 2. The summed E-state index contributed by atoms with van der Waals surface area (Å²) in [7, 11) is 0. The van der Waals surface area contributed by atoms with Crippen LogP contribution in [0.3, 0.4) is 0 Å². The minimum atomic E-state index is -0.332. The van der Waals surface area contributed by atoms with E-state index >= 15 is 0 Å². The molecule has 2 rings (SSSR count). The van der Waals surface area contributed by atoms with Crippen molar-refractivity contribution >= 4 is 23.3 Å². The van der Waals surface area contributed by atoms with E-state index in [1.54, 1.807) is 30.3 Å². The molecule has 0 fully saturated rings. The van der Waals surface area contributed by atoms with E-state index in [1.807, 2.05) is 6.07 Å². The van der Waals surface area contributed by atoms with E-state index in [9.17, 15) is 4.79 Å². The summed E-state index contributed by atoms with van der Waals surface area (Å²) in [4.78, 5) is 15.9. The summed E-state index contributed by atoms with van der Waals surface area (Å²) in [5.41, 5.74) is 0.831. The number of amides is 1. The summed E-state index contributed by atoms with van der Waals surface area (Å²) in [5, 5.41) is 11.9. The number of halogens is 1. The molecule has 0 unspecified atom stereocenters. The van der Waals surface area contributed by atoms with Crippen molar-refractivity contribution in [2.75, 3.05) is 5.32 Å². The molecular weight excluding hydrogens is 250 g/mol. The van der Waals surface area contributed by atoms with Gasteiger partial charge in [0.15, 0.2) is 0 Å². The summed E-state index contributed by atoms with van der Waals surface area (Å²) >= 11 is 5.79. The standard InChI is InChI=1S/C13H8ClN3O/c14-11-4-5-16-12(7-11)17-13(18)10-3-1-2-9(6-10)8-15/h1-7H,(H,16,17,18). The molecule has 2 aromatic rings. The summed E-state index contributed by atoms with van der Waals surface area (Å²) in [6, 6.07) is 11.6. The maximum atomic E-state index is 11.9. The first kappa shape index (κ1) is 12.1. The SMILES string of the molecule is N#Cc1cccc(C(=O)Nc2cc(Cl)ccn2)c1. The smallest absolute Gasteiger partial charge is 0.256 e. The first-order valence-electron chi connectivity index (χ1n) is 5.12. The van der Waals surface area contributed by atoms with Gasteiger partial charge in [-0.3, -0.25) is 4.79 Å². The number of benzene rings is 1. The van der Waals surface area contributed by atoms with Crippen LogP contribution in [0.2, 0.25) is 5.02 Å². The second-order valence-corrected chi connectivity index (χ2v) is 3.94. The van der Waals surface area contributed by atoms with Crippen LogP contribution < -0.4 is 5.32 Å². The zero-order valence-electron chi connectivity index (χ0n) is 9.22. The molecule has 0 spiro atoms. The van der Waals surface area contributed by atoms with Crippen molar-refractivity contribution < 1.29 is 4.79 Å². The summed E-state index contributed by atoms with van der Waals surface area (Å²) < 4.78 is 0. The first-order valence-corrected chi connectivity index (χ1v) is 5.50. The molecular formula is C13H8ClN3O. The van der Waals surface area contributed by atoms with Crippen molar-refractivity contribution in [1.82, 2.24) is 4.98 Å². The third-order valence-electron chi connectivity index (χ3n) is 2.22. The lowest BCUT2D eigenvalue weighted by Crippen LogP contribution is -2.12. The molecule has 1 heterocycles. The van der Waals surface area contributed by atoms with Gasteiger partial charge in [0.1, 0.15) is 5.82 Å². The van der Waals surface area contributed by atoms with Gasteiger partial charge in [-0.25, -0.2) is 4.98 Å². The third kappa shape index (κ3) is 2.84. The fourth-order valence-corrected chi connectivity index (χ4v) is 1.55. The lowest BCUT2D eigenvalue weighted by Gasteiger charge is -2.04. The van der Waals surface area contributed by atoms with Crippen LogP contribution in [0.5, 0.6) is 0 Å². The van der Waals surface area contributed by atoms with Crippen LogP contribution in [0.1, 0.15) is 15.9 Å². The molecule has 1 amide bonds. The predicted molar refractivity (Wildman–Crippen MR) is 68.4 cm³/mol. The quantitative estimate of drug-likeness (QED) is 0.900. The molecule has 0 radical (unpaired) electrons. The topological polar surface area (TPSA) is 65.8 Å². The van der Waals surface area contributed by atoms with Gasteiger partial charge < -0.3 is 5.32 Å². The fourth-order valence-electron chi connectivity index (χ4n) is 1.39. The van der Waals surface area contributed by atoms with Crippen molar-refractivity contribution in [1.29, 1.82) is 5.26 Å². The monoisotopic (exact) mass is 257 g/mol. The molecule has 0 atom stereocenters. The summed E-state index contributed by atoms with van der Waals surface area (Å²) in [5.74, 6) is 0.0386.